The summed E-state index contributed by atoms with van der Waals surface area (Å²) < 4.78 is 1.21. The zero-order valence-corrected chi connectivity index (χ0v) is 13.1. The van der Waals surface area contributed by atoms with Gasteiger partial charge in [0, 0.05) is 29.6 Å². The van der Waals surface area contributed by atoms with Crippen molar-refractivity contribution in [2.24, 2.45) is 0 Å². The molecule has 2 atom stereocenters. The number of halogens is 1. The summed E-state index contributed by atoms with van der Waals surface area (Å²) >= 11 is 3.69. The fourth-order valence-electron chi connectivity index (χ4n) is 2.65. The molecule has 2 nitrogen and oxygen atoms in total. The third-order valence-electron chi connectivity index (χ3n) is 3.70. The standard InChI is InChI=1S/C15H23BrN2/c1-4-5-13-10-18(12(3)9-17-13)15-8-11(2)6-7-14(15)16/h6-8,12-13,17H,4-5,9-10H2,1-3H3. The van der Waals surface area contributed by atoms with E-state index < -0.39 is 0 Å². The molecule has 0 bridgehead atoms. The van der Waals surface area contributed by atoms with Crippen LogP contribution >= 0.6 is 15.9 Å². The predicted molar refractivity (Wildman–Crippen MR) is 82.4 cm³/mol. The van der Waals surface area contributed by atoms with Crippen molar-refractivity contribution in [2.45, 2.75) is 45.7 Å². The summed E-state index contributed by atoms with van der Waals surface area (Å²) in [6, 6.07) is 7.78. The summed E-state index contributed by atoms with van der Waals surface area (Å²) in [5.41, 5.74) is 2.66. The largest absolute Gasteiger partial charge is 0.365 e. The maximum absolute atomic E-state index is 3.69. The molecule has 1 heterocycles. The topological polar surface area (TPSA) is 15.3 Å². The summed E-state index contributed by atoms with van der Waals surface area (Å²) in [5.74, 6) is 0. The van der Waals surface area contributed by atoms with Crippen molar-refractivity contribution in [2.75, 3.05) is 18.0 Å². The van der Waals surface area contributed by atoms with E-state index in [0.29, 0.717) is 12.1 Å². The molecular weight excluding hydrogens is 288 g/mol. The summed E-state index contributed by atoms with van der Waals surface area (Å²) in [6.07, 6.45) is 2.50. The van der Waals surface area contributed by atoms with Gasteiger partial charge in [0.25, 0.3) is 0 Å². The monoisotopic (exact) mass is 310 g/mol. The molecule has 1 aliphatic heterocycles. The molecular formula is C15H23BrN2. The smallest absolute Gasteiger partial charge is 0.0516 e. The van der Waals surface area contributed by atoms with E-state index >= 15 is 0 Å². The number of nitrogens with one attached hydrogen (secondary N) is 1. The molecule has 0 amide bonds. The van der Waals surface area contributed by atoms with Gasteiger partial charge < -0.3 is 10.2 Å². The quantitative estimate of drug-likeness (QED) is 0.915. The Morgan fingerprint density at radius 3 is 2.94 bits per heavy atom. The third-order valence-corrected chi connectivity index (χ3v) is 4.37. The summed E-state index contributed by atoms with van der Waals surface area (Å²) in [5, 5.41) is 3.65. The van der Waals surface area contributed by atoms with E-state index in [4.69, 9.17) is 0 Å². The molecule has 0 radical (unpaired) electrons. The van der Waals surface area contributed by atoms with Crippen molar-refractivity contribution in [3.63, 3.8) is 0 Å². The lowest BCUT2D eigenvalue weighted by Crippen LogP contribution is -2.55. The van der Waals surface area contributed by atoms with E-state index in [1.165, 1.54) is 28.6 Å². The summed E-state index contributed by atoms with van der Waals surface area (Å²) in [6.45, 7) is 8.89. The Morgan fingerprint density at radius 2 is 2.22 bits per heavy atom. The molecule has 0 aliphatic carbocycles. The minimum absolute atomic E-state index is 0.552. The van der Waals surface area contributed by atoms with Crippen molar-refractivity contribution in [1.29, 1.82) is 0 Å². The molecule has 1 saturated heterocycles. The van der Waals surface area contributed by atoms with Crippen molar-refractivity contribution >= 4 is 21.6 Å². The molecule has 0 aromatic heterocycles. The first-order valence-corrected chi connectivity index (χ1v) is 7.67. The van der Waals surface area contributed by atoms with E-state index in [-0.39, 0.29) is 0 Å². The number of benzene rings is 1. The first kappa shape index (κ1) is 13.9. The van der Waals surface area contributed by atoms with Gasteiger partial charge in [-0.25, -0.2) is 0 Å². The van der Waals surface area contributed by atoms with Gasteiger partial charge >= 0.3 is 0 Å². The molecule has 1 N–H and O–H groups in total. The minimum Gasteiger partial charge on any atom is -0.365 e. The highest BCUT2D eigenvalue weighted by Crippen LogP contribution is 2.30. The van der Waals surface area contributed by atoms with E-state index in [1.807, 2.05) is 0 Å². The highest BCUT2D eigenvalue weighted by atomic mass is 79.9. The Morgan fingerprint density at radius 1 is 1.44 bits per heavy atom. The van der Waals surface area contributed by atoms with Gasteiger partial charge in [-0.05, 0) is 53.9 Å². The van der Waals surface area contributed by atoms with Gasteiger partial charge in [0.1, 0.15) is 0 Å². The molecule has 1 aromatic rings. The fraction of sp³-hybridized carbons (Fsp3) is 0.600. The molecule has 1 fully saturated rings. The molecule has 2 unspecified atom stereocenters. The number of aryl methyl sites for hydroxylation is 1. The Balaban J connectivity index is 2.21. The predicted octanol–water partition coefficient (Wildman–Crippen LogP) is 3.72. The van der Waals surface area contributed by atoms with E-state index in [9.17, 15) is 0 Å². The highest BCUT2D eigenvalue weighted by molar-refractivity contribution is 9.10. The maximum atomic E-state index is 3.69. The summed E-state index contributed by atoms with van der Waals surface area (Å²) in [7, 11) is 0. The molecule has 1 aromatic carbocycles. The first-order valence-electron chi connectivity index (χ1n) is 6.88. The van der Waals surface area contributed by atoms with Gasteiger partial charge in [0.2, 0.25) is 0 Å². The van der Waals surface area contributed by atoms with Crippen LogP contribution in [0, 0.1) is 6.92 Å². The number of piperazine rings is 1. The second-order valence-electron chi connectivity index (χ2n) is 5.35. The average molecular weight is 311 g/mol. The van der Waals surface area contributed by atoms with Gasteiger partial charge in [0.05, 0.1) is 5.69 Å². The Bertz CT molecular complexity index is 405. The number of anilines is 1. The van der Waals surface area contributed by atoms with E-state index in [1.54, 1.807) is 0 Å². The van der Waals surface area contributed by atoms with Crippen LogP contribution in [-0.2, 0) is 0 Å². The normalized spacial score (nSPS) is 24.3. The maximum Gasteiger partial charge on any atom is 0.0516 e. The fourth-order valence-corrected chi connectivity index (χ4v) is 3.12. The molecule has 0 spiro atoms. The lowest BCUT2D eigenvalue weighted by molar-refractivity contribution is 0.386. The number of hydrogen-bond donors (Lipinski definition) is 1. The van der Waals surface area contributed by atoms with E-state index in [0.717, 1.165) is 13.1 Å². The van der Waals surface area contributed by atoms with Gasteiger partial charge in [-0.2, -0.15) is 0 Å². The SMILES string of the molecule is CCCC1CN(c2cc(C)ccc2Br)C(C)CN1. The number of hydrogen-bond acceptors (Lipinski definition) is 2. The Labute approximate surface area is 119 Å². The second-order valence-corrected chi connectivity index (χ2v) is 6.20. The van der Waals surface area contributed by atoms with Crippen LogP contribution in [0.4, 0.5) is 5.69 Å². The average Bonchev–Trinajstić information content (AvgIpc) is 2.35. The molecule has 100 valence electrons. The first-order chi connectivity index (χ1) is 8.61. The lowest BCUT2D eigenvalue weighted by Gasteiger charge is -2.41. The Hall–Kier alpha value is -0.540. The molecule has 2 rings (SSSR count). The van der Waals surface area contributed by atoms with Crippen LogP contribution in [0.5, 0.6) is 0 Å². The zero-order valence-electron chi connectivity index (χ0n) is 11.5. The lowest BCUT2D eigenvalue weighted by atomic mass is 10.0. The number of nitrogens with zero attached hydrogens (tertiary/aromatic N) is 1. The van der Waals surface area contributed by atoms with Gasteiger partial charge in [-0.15, -0.1) is 0 Å². The van der Waals surface area contributed by atoms with Crippen LogP contribution in [0.1, 0.15) is 32.3 Å². The Kier molecular flexibility index (Phi) is 4.68. The van der Waals surface area contributed by atoms with E-state index in [2.05, 4.69) is 65.1 Å². The van der Waals surface area contributed by atoms with Gasteiger partial charge in [0.15, 0.2) is 0 Å². The minimum atomic E-state index is 0.552. The molecule has 3 heteroatoms. The van der Waals surface area contributed by atoms with Crippen molar-refractivity contribution in [3.05, 3.63) is 28.2 Å². The molecule has 18 heavy (non-hydrogen) atoms. The van der Waals surface area contributed by atoms with Crippen LogP contribution in [-0.4, -0.2) is 25.2 Å². The van der Waals surface area contributed by atoms with Crippen LogP contribution in [0.3, 0.4) is 0 Å². The van der Waals surface area contributed by atoms with Crippen LogP contribution in [0.15, 0.2) is 22.7 Å². The molecule has 1 aliphatic rings. The van der Waals surface area contributed by atoms with Crippen molar-refractivity contribution < 1.29 is 0 Å². The van der Waals surface area contributed by atoms with Crippen molar-refractivity contribution in [1.82, 2.24) is 5.32 Å². The highest BCUT2D eigenvalue weighted by Gasteiger charge is 2.25. The van der Waals surface area contributed by atoms with Crippen molar-refractivity contribution in [3.8, 4) is 0 Å². The second kappa shape index (κ2) is 6.07. The van der Waals surface area contributed by atoms with Crippen LogP contribution in [0.2, 0.25) is 0 Å². The van der Waals surface area contributed by atoms with Crippen LogP contribution in [0.25, 0.3) is 0 Å². The van der Waals surface area contributed by atoms with Gasteiger partial charge in [-0.3, -0.25) is 0 Å². The third kappa shape index (κ3) is 3.07. The van der Waals surface area contributed by atoms with Gasteiger partial charge in [-0.1, -0.05) is 19.4 Å². The summed E-state index contributed by atoms with van der Waals surface area (Å²) in [4.78, 5) is 2.54. The van der Waals surface area contributed by atoms with Crippen LogP contribution < -0.4 is 10.2 Å². The molecule has 0 saturated carbocycles. The number of rotatable bonds is 3. The zero-order chi connectivity index (χ0) is 13.1.